The number of hydrogen-bond acceptors (Lipinski definition) is 3. The Labute approximate surface area is 201 Å². The van der Waals surface area contributed by atoms with Crippen molar-refractivity contribution >= 4 is 28.5 Å². The van der Waals surface area contributed by atoms with E-state index in [1.165, 1.54) is 22.5 Å². The van der Waals surface area contributed by atoms with Crippen molar-refractivity contribution in [3.05, 3.63) is 118 Å². The lowest BCUT2D eigenvalue weighted by Crippen LogP contribution is -2.26. The third kappa shape index (κ3) is 3.07. The van der Waals surface area contributed by atoms with E-state index < -0.39 is 0 Å². The Hall–Kier alpha value is -3.85. The molecular formula is C31H28N2O. The van der Waals surface area contributed by atoms with E-state index in [4.69, 9.17) is 0 Å². The van der Waals surface area contributed by atoms with Crippen molar-refractivity contribution in [1.82, 2.24) is 0 Å². The van der Waals surface area contributed by atoms with Crippen LogP contribution in [0.2, 0.25) is 0 Å². The lowest BCUT2D eigenvalue weighted by atomic mass is 9.85. The average molecular weight is 445 g/mol. The molecule has 0 aliphatic carbocycles. The minimum absolute atomic E-state index is 0.125. The van der Waals surface area contributed by atoms with Crippen LogP contribution in [0.25, 0.3) is 0 Å². The van der Waals surface area contributed by atoms with Gasteiger partial charge in [0.15, 0.2) is 5.78 Å². The number of anilines is 4. The molecule has 0 fully saturated rings. The number of benzene rings is 4. The quantitative estimate of drug-likeness (QED) is 0.315. The lowest BCUT2D eigenvalue weighted by molar-refractivity contribution is 0.103. The molecule has 4 aromatic rings. The van der Waals surface area contributed by atoms with E-state index in [2.05, 4.69) is 84.3 Å². The van der Waals surface area contributed by atoms with Gasteiger partial charge in [0.2, 0.25) is 0 Å². The summed E-state index contributed by atoms with van der Waals surface area (Å²) in [5.74, 6) is 0.125. The molecule has 3 heteroatoms. The average Bonchev–Trinajstić information content (AvgIpc) is 2.89. The molecule has 2 aliphatic heterocycles. The highest BCUT2D eigenvalue weighted by Crippen LogP contribution is 2.43. The molecule has 0 atom stereocenters. The minimum Gasteiger partial charge on any atom is -0.341 e. The van der Waals surface area contributed by atoms with E-state index in [1.807, 2.05) is 24.3 Å². The zero-order chi connectivity index (χ0) is 23.2. The number of para-hydroxylation sites is 2. The summed E-state index contributed by atoms with van der Waals surface area (Å²) in [6, 6.07) is 29.5. The van der Waals surface area contributed by atoms with E-state index in [-0.39, 0.29) is 5.78 Å². The van der Waals surface area contributed by atoms with Crippen molar-refractivity contribution in [3.8, 4) is 0 Å². The van der Waals surface area contributed by atoms with Crippen LogP contribution < -0.4 is 9.80 Å². The first-order chi connectivity index (χ1) is 16.7. The van der Waals surface area contributed by atoms with Crippen molar-refractivity contribution in [1.29, 1.82) is 0 Å². The highest BCUT2D eigenvalue weighted by molar-refractivity contribution is 6.13. The van der Waals surface area contributed by atoms with Crippen LogP contribution in [0.15, 0.2) is 84.9 Å². The molecule has 0 saturated heterocycles. The Morgan fingerprint density at radius 2 is 1.00 bits per heavy atom. The molecule has 34 heavy (non-hydrogen) atoms. The van der Waals surface area contributed by atoms with Gasteiger partial charge in [-0.1, -0.05) is 60.7 Å². The summed E-state index contributed by atoms with van der Waals surface area (Å²) >= 11 is 0. The molecule has 0 amide bonds. The largest absolute Gasteiger partial charge is 0.341 e. The molecule has 168 valence electrons. The first-order valence-corrected chi connectivity index (χ1v) is 12.2. The van der Waals surface area contributed by atoms with Gasteiger partial charge in [0.05, 0.1) is 0 Å². The first-order valence-electron chi connectivity index (χ1n) is 12.2. The molecule has 4 aromatic carbocycles. The summed E-state index contributed by atoms with van der Waals surface area (Å²) in [5.41, 5.74) is 11.3. The van der Waals surface area contributed by atoms with Gasteiger partial charge in [0, 0.05) is 59.8 Å². The number of fused-ring (bicyclic) bond motifs is 4. The second-order valence-electron chi connectivity index (χ2n) is 9.04. The highest BCUT2D eigenvalue weighted by atomic mass is 16.1. The number of carbonyl (C=O) groups excluding carboxylic acids is 1. The van der Waals surface area contributed by atoms with Crippen LogP contribution in [-0.2, 0) is 12.8 Å². The molecule has 2 heterocycles. The summed E-state index contributed by atoms with van der Waals surface area (Å²) in [5, 5.41) is 0. The van der Waals surface area contributed by atoms with Crippen molar-refractivity contribution in [2.24, 2.45) is 0 Å². The Morgan fingerprint density at radius 3 is 1.44 bits per heavy atom. The second kappa shape index (κ2) is 8.18. The van der Waals surface area contributed by atoms with Gasteiger partial charge in [0.25, 0.3) is 0 Å². The second-order valence-corrected chi connectivity index (χ2v) is 9.04. The summed E-state index contributed by atoms with van der Waals surface area (Å²) in [4.78, 5) is 18.8. The monoisotopic (exact) mass is 444 g/mol. The summed E-state index contributed by atoms with van der Waals surface area (Å²) < 4.78 is 0. The molecule has 0 radical (unpaired) electrons. The topological polar surface area (TPSA) is 23.6 Å². The highest BCUT2D eigenvalue weighted by Gasteiger charge is 2.29. The molecular weight excluding hydrogens is 416 g/mol. The van der Waals surface area contributed by atoms with E-state index in [1.54, 1.807) is 0 Å². The number of ketones is 1. The van der Waals surface area contributed by atoms with Gasteiger partial charge >= 0.3 is 0 Å². The number of carbonyl (C=O) groups is 1. The number of nitrogens with zero attached hydrogens (tertiary/aromatic N) is 2. The Kier molecular flexibility index (Phi) is 4.99. The Bertz CT molecular complexity index is 1310. The summed E-state index contributed by atoms with van der Waals surface area (Å²) in [7, 11) is 0. The molecule has 2 aliphatic rings. The van der Waals surface area contributed by atoms with Crippen molar-refractivity contribution in [2.45, 2.75) is 26.7 Å². The molecule has 6 rings (SSSR count). The van der Waals surface area contributed by atoms with Crippen LogP contribution in [0.3, 0.4) is 0 Å². The zero-order valence-electron chi connectivity index (χ0n) is 19.7. The SMILES string of the molecule is CCN1c2ccccc2Cc2c(C(=O)c3cccc4c3Cc3ccccc3N4CC)cccc21. The normalized spacial score (nSPS) is 13.6. The van der Waals surface area contributed by atoms with Crippen LogP contribution >= 0.6 is 0 Å². The first kappa shape index (κ1) is 20.7. The van der Waals surface area contributed by atoms with Gasteiger partial charge in [0.1, 0.15) is 0 Å². The van der Waals surface area contributed by atoms with Crippen LogP contribution in [-0.4, -0.2) is 18.9 Å². The van der Waals surface area contributed by atoms with Crippen LogP contribution in [0, 0.1) is 0 Å². The van der Waals surface area contributed by atoms with Crippen LogP contribution in [0.5, 0.6) is 0 Å². The standard InChI is InChI=1S/C31H28N2O/c1-3-32-27-15-7-5-11-21(27)19-25-23(13-9-17-29(25)32)31(34)24-14-10-18-30-26(24)20-22-12-6-8-16-28(22)33(30)4-2/h5-18H,3-4,19-20H2,1-2H3. The summed E-state index contributed by atoms with van der Waals surface area (Å²) in [6.45, 7) is 6.07. The fraction of sp³-hybridized carbons (Fsp3) is 0.194. The predicted octanol–water partition coefficient (Wildman–Crippen LogP) is 7.04. The third-order valence-corrected chi connectivity index (χ3v) is 7.31. The lowest BCUT2D eigenvalue weighted by Gasteiger charge is -2.34. The maximum Gasteiger partial charge on any atom is 0.193 e. The molecule has 0 saturated carbocycles. The fourth-order valence-electron chi connectivity index (χ4n) is 5.77. The van der Waals surface area contributed by atoms with Crippen molar-refractivity contribution < 1.29 is 4.79 Å². The van der Waals surface area contributed by atoms with Gasteiger partial charge in [-0.15, -0.1) is 0 Å². The smallest absolute Gasteiger partial charge is 0.193 e. The van der Waals surface area contributed by atoms with E-state index in [9.17, 15) is 4.79 Å². The van der Waals surface area contributed by atoms with Gasteiger partial charge in [-0.2, -0.15) is 0 Å². The van der Waals surface area contributed by atoms with Gasteiger partial charge < -0.3 is 9.80 Å². The van der Waals surface area contributed by atoms with Crippen molar-refractivity contribution in [3.63, 3.8) is 0 Å². The minimum atomic E-state index is 0.125. The maximum absolute atomic E-state index is 14.2. The van der Waals surface area contributed by atoms with E-state index in [0.29, 0.717) is 0 Å². The van der Waals surface area contributed by atoms with Crippen LogP contribution in [0.1, 0.15) is 52.0 Å². The van der Waals surface area contributed by atoms with E-state index in [0.717, 1.165) is 59.6 Å². The molecule has 0 unspecified atom stereocenters. The Morgan fingerprint density at radius 1 is 0.588 bits per heavy atom. The molecule has 3 nitrogen and oxygen atoms in total. The Balaban J connectivity index is 1.48. The number of rotatable bonds is 4. The number of hydrogen-bond donors (Lipinski definition) is 0. The molecule has 0 bridgehead atoms. The summed E-state index contributed by atoms with van der Waals surface area (Å²) in [6.07, 6.45) is 1.56. The molecule has 0 spiro atoms. The maximum atomic E-state index is 14.2. The molecule has 0 N–H and O–H groups in total. The van der Waals surface area contributed by atoms with Gasteiger partial charge in [-0.25, -0.2) is 0 Å². The molecule has 0 aromatic heterocycles. The zero-order valence-corrected chi connectivity index (χ0v) is 19.7. The van der Waals surface area contributed by atoms with Gasteiger partial charge in [-0.3, -0.25) is 4.79 Å². The van der Waals surface area contributed by atoms with Crippen LogP contribution in [0.4, 0.5) is 22.7 Å². The fourth-order valence-corrected chi connectivity index (χ4v) is 5.77. The predicted molar refractivity (Wildman–Crippen MR) is 140 cm³/mol. The van der Waals surface area contributed by atoms with Crippen molar-refractivity contribution in [2.75, 3.05) is 22.9 Å². The van der Waals surface area contributed by atoms with E-state index >= 15 is 0 Å². The van der Waals surface area contributed by atoms with Gasteiger partial charge in [-0.05, 0) is 60.4 Å². The third-order valence-electron chi connectivity index (χ3n) is 7.31.